The number of carbonyl (C=O) groups is 3. The van der Waals surface area contributed by atoms with Crippen LogP contribution in [0.3, 0.4) is 0 Å². The number of carbonyl (C=O) groups excluding carboxylic acids is 2. The average Bonchev–Trinajstić information content (AvgIpc) is 2.30. The van der Waals surface area contributed by atoms with Gasteiger partial charge in [0.05, 0.1) is 0 Å². The number of rotatable bonds is 6. The maximum atomic E-state index is 12.1. The number of hydrogen-bond acceptors (Lipinski definition) is 5. The first kappa shape index (κ1) is 19.4. The Labute approximate surface area is 125 Å². The number of nitrogens with two attached hydrogens (primary N) is 1. The van der Waals surface area contributed by atoms with Gasteiger partial charge in [-0.15, -0.1) is 0 Å². The van der Waals surface area contributed by atoms with Crippen molar-refractivity contribution in [1.29, 1.82) is 0 Å². The molecule has 0 rings (SSSR count). The van der Waals surface area contributed by atoms with E-state index in [1.54, 1.807) is 20.8 Å². The molecule has 21 heavy (non-hydrogen) atoms. The van der Waals surface area contributed by atoms with Crippen molar-refractivity contribution >= 4 is 17.8 Å². The van der Waals surface area contributed by atoms with E-state index in [0.717, 1.165) is 0 Å². The third-order valence-corrected chi connectivity index (χ3v) is 2.70. The molecule has 0 fully saturated rings. The molecular weight excluding hydrogens is 276 g/mol. The number of hydrazine groups is 1. The molecule has 7 heteroatoms. The van der Waals surface area contributed by atoms with Gasteiger partial charge in [-0.1, -0.05) is 13.8 Å². The van der Waals surface area contributed by atoms with Crippen LogP contribution in [0.4, 0.5) is 0 Å². The van der Waals surface area contributed by atoms with E-state index in [4.69, 9.17) is 15.7 Å². The van der Waals surface area contributed by atoms with Crippen molar-refractivity contribution in [3.8, 4) is 0 Å². The summed E-state index contributed by atoms with van der Waals surface area (Å²) in [6, 6.07) is -1.16. The number of esters is 1. The molecule has 0 aromatic heterocycles. The van der Waals surface area contributed by atoms with E-state index >= 15 is 0 Å². The van der Waals surface area contributed by atoms with Gasteiger partial charge in [0.15, 0.2) is 0 Å². The Morgan fingerprint density at radius 1 is 1.19 bits per heavy atom. The number of carboxylic acid groups (broad SMARTS) is 1. The molecule has 0 radical (unpaired) electrons. The summed E-state index contributed by atoms with van der Waals surface area (Å²) in [5.74, 6) is 1.81. The molecule has 0 aliphatic carbocycles. The maximum absolute atomic E-state index is 12.1. The van der Waals surface area contributed by atoms with Crippen LogP contribution in [-0.4, -0.2) is 39.6 Å². The van der Waals surface area contributed by atoms with Crippen LogP contribution in [0.5, 0.6) is 0 Å². The van der Waals surface area contributed by atoms with Crippen molar-refractivity contribution in [3.05, 3.63) is 0 Å². The van der Waals surface area contributed by atoms with Crippen LogP contribution >= 0.6 is 0 Å². The second-order valence-electron chi connectivity index (χ2n) is 6.48. The van der Waals surface area contributed by atoms with E-state index < -0.39 is 35.4 Å². The highest BCUT2D eigenvalue weighted by molar-refractivity contribution is 5.98. The van der Waals surface area contributed by atoms with E-state index in [9.17, 15) is 14.4 Å². The normalized spacial score (nSPS) is 14.5. The van der Waals surface area contributed by atoms with Crippen LogP contribution in [0, 0.1) is 11.8 Å². The summed E-state index contributed by atoms with van der Waals surface area (Å²) in [6.07, 6.45) is 0.207. The molecule has 1 amide bonds. The summed E-state index contributed by atoms with van der Waals surface area (Å²) < 4.78 is 5.10. The average molecular weight is 302 g/mol. The highest BCUT2D eigenvalue weighted by atomic mass is 16.6. The second-order valence-corrected chi connectivity index (χ2v) is 6.48. The summed E-state index contributed by atoms with van der Waals surface area (Å²) in [7, 11) is 0. The Morgan fingerprint density at radius 2 is 1.67 bits per heavy atom. The smallest absolute Gasteiger partial charge is 0.328 e. The standard InChI is InChI=1S/C14H26N2O5/c1-8(2)7-10(12(18)19)16(15)11(17)9(3)13(20)21-14(4,5)6/h8-10H,7,15H2,1-6H3,(H,18,19)/t9-,10-/m0/s1. The lowest BCUT2D eigenvalue weighted by molar-refractivity contribution is -0.167. The molecule has 122 valence electrons. The van der Waals surface area contributed by atoms with Gasteiger partial charge in [0, 0.05) is 0 Å². The molecule has 0 unspecified atom stereocenters. The van der Waals surface area contributed by atoms with Crippen LogP contribution in [0.25, 0.3) is 0 Å². The third-order valence-electron chi connectivity index (χ3n) is 2.70. The van der Waals surface area contributed by atoms with Gasteiger partial charge in [0.25, 0.3) is 5.91 Å². The van der Waals surface area contributed by atoms with Crippen molar-refractivity contribution in [2.45, 2.75) is 59.6 Å². The number of aliphatic carboxylic acids is 1. The van der Waals surface area contributed by atoms with Gasteiger partial charge >= 0.3 is 11.9 Å². The molecule has 0 aliphatic rings. The van der Waals surface area contributed by atoms with Crippen LogP contribution in [0.2, 0.25) is 0 Å². The summed E-state index contributed by atoms with van der Waals surface area (Å²) in [4.78, 5) is 35.2. The van der Waals surface area contributed by atoms with Gasteiger partial charge in [-0.05, 0) is 40.0 Å². The Kier molecular flexibility index (Phi) is 6.82. The maximum Gasteiger partial charge on any atom is 0.328 e. The van der Waals surface area contributed by atoms with Gasteiger partial charge < -0.3 is 9.84 Å². The van der Waals surface area contributed by atoms with Gasteiger partial charge in [-0.3, -0.25) is 14.6 Å². The molecule has 0 spiro atoms. The lowest BCUT2D eigenvalue weighted by atomic mass is 10.0. The fourth-order valence-electron chi connectivity index (χ4n) is 1.65. The Hall–Kier alpha value is -1.63. The lowest BCUT2D eigenvalue weighted by Gasteiger charge is -2.28. The van der Waals surface area contributed by atoms with Crippen molar-refractivity contribution in [3.63, 3.8) is 0 Å². The van der Waals surface area contributed by atoms with Crippen molar-refractivity contribution in [2.75, 3.05) is 0 Å². The molecule has 0 bridgehead atoms. The predicted molar refractivity (Wildman–Crippen MR) is 76.9 cm³/mol. The molecule has 2 atom stereocenters. The molecule has 0 aliphatic heterocycles. The number of nitrogens with zero attached hydrogens (tertiary/aromatic N) is 1. The first-order valence-corrected chi connectivity index (χ1v) is 6.90. The molecule has 3 N–H and O–H groups in total. The Bertz CT molecular complexity index is 401. The van der Waals surface area contributed by atoms with Crippen LogP contribution < -0.4 is 5.84 Å². The number of amides is 1. The minimum atomic E-state index is -1.20. The predicted octanol–water partition coefficient (Wildman–Crippen LogP) is 1.17. The van der Waals surface area contributed by atoms with Crippen molar-refractivity contribution in [1.82, 2.24) is 5.01 Å². The highest BCUT2D eigenvalue weighted by Crippen LogP contribution is 2.15. The first-order valence-electron chi connectivity index (χ1n) is 6.90. The van der Waals surface area contributed by atoms with Crippen LogP contribution in [0.1, 0.15) is 48.0 Å². The number of ether oxygens (including phenoxy) is 1. The van der Waals surface area contributed by atoms with E-state index in [1.165, 1.54) is 6.92 Å². The molecular formula is C14H26N2O5. The molecule has 0 aromatic carbocycles. The monoisotopic (exact) mass is 302 g/mol. The van der Waals surface area contributed by atoms with Gasteiger partial charge in [-0.2, -0.15) is 0 Å². The minimum absolute atomic E-state index is 0.0433. The molecule has 0 heterocycles. The summed E-state index contributed by atoms with van der Waals surface area (Å²) in [5, 5.41) is 9.78. The van der Waals surface area contributed by atoms with E-state index in [2.05, 4.69) is 0 Å². The van der Waals surface area contributed by atoms with Gasteiger partial charge in [0.1, 0.15) is 17.6 Å². The van der Waals surface area contributed by atoms with E-state index in [1.807, 2.05) is 13.8 Å². The van der Waals surface area contributed by atoms with Crippen LogP contribution in [0.15, 0.2) is 0 Å². The van der Waals surface area contributed by atoms with E-state index in [-0.39, 0.29) is 12.3 Å². The van der Waals surface area contributed by atoms with Crippen molar-refractivity contribution in [2.24, 2.45) is 17.7 Å². The Balaban J connectivity index is 4.95. The lowest BCUT2D eigenvalue weighted by Crippen LogP contribution is -2.53. The first-order chi connectivity index (χ1) is 9.36. The zero-order valence-electron chi connectivity index (χ0n) is 13.5. The van der Waals surface area contributed by atoms with Crippen molar-refractivity contribution < 1.29 is 24.2 Å². The minimum Gasteiger partial charge on any atom is -0.480 e. The van der Waals surface area contributed by atoms with Gasteiger partial charge in [-0.25, -0.2) is 10.6 Å². The molecule has 7 nitrogen and oxygen atoms in total. The second kappa shape index (κ2) is 7.40. The van der Waals surface area contributed by atoms with Gasteiger partial charge in [0.2, 0.25) is 0 Å². The fourth-order valence-corrected chi connectivity index (χ4v) is 1.65. The molecule has 0 saturated heterocycles. The molecule has 0 saturated carbocycles. The Morgan fingerprint density at radius 3 is 2.00 bits per heavy atom. The number of hydrogen-bond donors (Lipinski definition) is 2. The van der Waals surface area contributed by atoms with Crippen LogP contribution in [-0.2, 0) is 19.1 Å². The summed E-state index contributed by atoms with van der Waals surface area (Å²) >= 11 is 0. The zero-order valence-corrected chi connectivity index (χ0v) is 13.5. The van der Waals surface area contributed by atoms with E-state index in [0.29, 0.717) is 5.01 Å². The summed E-state index contributed by atoms with van der Waals surface area (Å²) in [6.45, 7) is 10.0. The summed E-state index contributed by atoms with van der Waals surface area (Å²) in [5.41, 5.74) is -0.727. The molecule has 0 aromatic rings. The number of carboxylic acids is 1. The fraction of sp³-hybridized carbons (Fsp3) is 0.786. The highest BCUT2D eigenvalue weighted by Gasteiger charge is 2.35. The quantitative estimate of drug-likeness (QED) is 0.250. The third kappa shape index (κ3) is 6.57. The topological polar surface area (TPSA) is 110 Å². The largest absolute Gasteiger partial charge is 0.480 e. The zero-order chi connectivity index (χ0) is 17.0. The SMILES string of the molecule is CC(C)C[C@@H](C(=O)O)N(N)C(=O)[C@H](C)C(=O)OC(C)(C)C.